The lowest BCUT2D eigenvalue weighted by atomic mass is 9.89. The zero-order valence-electron chi connectivity index (χ0n) is 11.0. The monoisotopic (exact) mass is 313 g/mol. The van der Waals surface area contributed by atoms with Crippen LogP contribution in [0.2, 0.25) is 0 Å². The maximum atomic E-state index is 14.0. The predicted octanol–water partition coefficient (Wildman–Crippen LogP) is 4.74. The molecule has 0 bridgehead atoms. The van der Waals surface area contributed by atoms with Crippen molar-refractivity contribution in [3.63, 3.8) is 0 Å². The molecule has 1 fully saturated rings. The summed E-state index contributed by atoms with van der Waals surface area (Å²) < 4.78 is 14.0. The number of hydrogen-bond donors (Lipinski definition) is 0. The fourth-order valence-electron chi connectivity index (χ4n) is 2.80. The molecule has 100 valence electrons. The van der Waals surface area contributed by atoms with Crippen molar-refractivity contribution in [2.45, 2.75) is 37.4 Å². The molecule has 0 spiro atoms. The molecule has 18 heavy (non-hydrogen) atoms. The van der Waals surface area contributed by atoms with Gasteiger partial charge in [0, 0.05) is 18.9 Å². The Morgan fingerprint density at radius 1 is 1.28 bits per heavy atom. The molecule has 1 aliphatic rings. The summed E-state index contributed by atoms with van der Waals surface area (Å²) in [6, 6.07) is 5.51. The molecule has 1 nitrogen and oxygen atoms in total. The van der Waals surface area contributed by atoms with Gasteiger partial charge in [-0.1, -0.05) is 41.3 Å². The van der Waals surface area contributed by atoms with Crippen molar-refractivity contribution in [2.75, 3.05) is 18.5 Å². The molecule has 0 unspecified atom stereocenters. The summed E-state index contributed by atoms with van der Waals surface area (Å²) in [7, 11) is 2.00. The molecule has 0 heterocycles. The number of hydrogen-bond acceptors (Lipinski definition) is 1. The van der Waals surface area contributed by atoms with Crippen molar-refractivity contribution in [3.8, 4) is 0 Å². The Balaban J connectivity index is 2.01. The third kappa shape index (κ3) is 3.47. The number of alkyl halides is 1. The summed E-state index contributed by atoms with van der Waals surface area (Å²) in [6.45, 7) is 0.977. The first-order valence-corrected chi connectivity index (χ1v) is 7.88. The van der Waals surface area contributed by atoms with E-state index in [1.165, 1.54) is 32.1 Å². The van der Waals surface area contributed by atoms with E-state index in [4.69, 9.17) is 0 Å². The SMILES string of the molecule is CN(CC1CCCCC1)c1ccc(CBr)cc1F. The minimum Gasteiger partial charge on any atom is -0.372 e. The Hall–Kier alpha value is -0.570. The first-order chi connectivity index (χ1) is 8.70. The summed E-state index contributed by atoms with van der Waals surface area (Å²) in [5.41, 5.74) is 1.72. The second-order valence-corrected chi connectivity index (χ2v) is 5.86. The van der Waals surface area contributed by atoms with Crippen LogP contribution in [0.5, 0.6) is 0 Å². The van der Waals surface area contributed by atoms with E-state index in [0.29, 0.717) is 5.33 Å². The quantitative estimate of drug-likeness (QED) is 0.726. The largest absolute Gasteiger partial charge is 0.372 e. The van der Waals surface area contributed by atoms with Crippen LogP contribution in [-0.2, 0) is 5.33 Å². The van der Waals surface area contributed by atoms with Gasteiger partial charge in [-0.15, -0.1) is 0 Å². The van der Waals surface area contributed by atoms with Crippen molar-refractivity contribution in [3.05, 3.63) is 29.6 Å². The predicted molar refractivity (Wildman–Crippen MR) is 78.9 cm³/mol. The molecular formula is C15H21BrFN. The van der Waals surface area contributed by atoms with Crippen molar-refractivity contribution < 1.29 is 4.39 Å². The van der Waals surface area contributed by atoms with E-state index < -0.39 is 0 Å². The smallest absolute Gasteiger partial charge is 0.146 e. The Bertz CT molecular complexity index is 388. The van der Waals surface area contributed by atoms with Crippen LogP contribution in [0, 0.1) is 11.7 Å². The Labute approximate surface area is 118 Å². The third-order valence-electron chi connectivity index (χ3n) is 3.83. The van der Waals surface area contributed by atoms with Crippen LogP contribution in [-0.4, -0.2) is 13.6 Å². The lowest BCUT2D eigenvalue weighted by Gasteiger charge is -2.28. The Morgan fingerprint density at radius 2 is 2.00 bits per heavy atom. The van der Waals surface area contributed by atoms with Gasteiger partial charge in [0.2, 0.25) is 0 Å². The van der Waals surface area contributed by atoms with E-state index in [2.05, 4.69) is 20.8 Å². The molecule has 1 aromatic carbocycles. The summed E-state index contributed by atoms with van der Waals surface area (Å²) in [4.78, 5) is 2.07. The average molecular weight is 314 g/mol. The normalized spacial score (nSPS) is 16.8. The van der Waals surface area contributed by atoms with Crippen LogP contribution >= 0.6 is 15.9 Å². The maximum Gasteiger partial charge on any atom is 0.146 e. The van der Waals surface area contributed by atoms with Gasteiger partial charge in [-0.3, -0.25) is 0 Å². The molecule has 0 N–H and O–H groups in total. The van der Waals surface area contributed by atoms with E-state index in [0.717, 1.165) is 23.7 Å². The van der Waals surface area contributed by atoms with Gasteiger partial charge in [0.15, 0.2) is 0 Å². The summed E-state index contributed by atoms with van der Waals surface area (Å²) in [6.07, 6.45) is 6.64. The molecular weight excluding hydrogens is 293 g/mol. The van der Waals surface area contributed by atoms with E-state index in [9.17, 15) is 4.39 Å². The van der Waals surface area contributed by atoms with Crippen LogP contribution in [0.1, 0.15) is 37.7 Å². The fourth-order valence-corrected chi connectivity index (χ4v) is 3.15. The lowest BCUT2D eigenvalue weighted by molar-refractivity contribution is 0.361. The van der Waals surface area contributed by atoms with Crippen LogP contribution in [0.4, 0.5) is 10.1 Å². The summed E-state index contributed by atoms with van der Waals surface area (Å²) in [5, 5.41) is 0.705. The van der Waals surface area contributed by atoms with E-state index >= 15 is 0 Å². The van der Waals surface area contributed by atoms with Crippen LogP contribution in [0.25, 0.3) is 0 Å². The van der Waals surface area contributed by atoms with Crippen molar-refractivity contribution in [1.29, 1.82) is 0 Å². The second kappa shape index (κ2) is 6.55. The highest BCUT2D eigenvalue weighted by Gasteiger charge is 2.17. The summed E-state index contributed by atoms with van der Waals surface area (Å²) in [5.74, 6) is 0.629. The zero-order valence-corrected chi connectivity index (χ0v) is 12.5. The van der Waals surface area contributed by atoms with Crippen molar-refractivity contribution in [1.82, 2.24) is 0 Å². The number of benzene rings is 1. The maximum absolute atomic E-state index is 14.0. The standard InChI is InChI=1S/C15H21BrFN/c1-18(11-12-5-3-2-4-6-12)15-8-7-13(10-16)9-14(15)17/h7-9,12H,2-6,10-11H2,1H3. The number of nitrogens with zero attached hydrogens (tertiary/aromatic N) is 1. The number of halogens is 2. The molecule has 0 amide bonds. The molecule has 3 heteroatoms. The van der Waals surface area contributed by atoms with Gasteiger partial charge in [-0.2, -0.15) is 0 Å². The van der Waals surface area contributed by atoms with E-state index in [-0.39, 0.29) is 5.82 Å². The molecule has 0 aliphatic heterocycles. The highest BCUT2D eigenvalue weighted by Crippen LogP contribution is 2.27. The van der Waals surface area contributed by atoms with Crippen molar-refractivity contribution >= 4 is 21.6 Å². The summed E-state index contributed by atoms with van der Waals surface area (Å²) >= 11 is 3.35. The average Bonchev–Trinajstić information content (AvgIpc) is 2.39. The lowest BCUT2D eigenvalue weighted by Crippen LogP contribution is -2.27. The van der Waals surface area contributed by atoms with Gasteiger partial charge in [0.1, 0.15) is 5.82 Å². The van der Waals surface area contributed by atoms with Gasteiger partial charge in [0.05, 0.1) is 5.69 Å². The van der Waals surface area contributed by atoms with Gasteiger partial charge in [-0.25, -0.2) is 4.39 Å². The molecule has 1 saturated carbocycles. The molecule has 0 saturated heterocycles. The molecule has 1 aromatic rings. The Kier molecular flexibility index (Phi) is 5.04. The minimum atomic E-state index is -0.106. The third-order valence-corrected chi connectivity index (χ3v) is 4.48. The van der Waals surface area contributed by atoms with Gasteiger partial charge in [-0.05, 0) is 36.5 Å². The number of rotatable bonds is 4. The molecule has 0 atom stereocenters. The highest BCUT2D eigenvalue weighted by molar-refractivity contribution is 9.08. The Morgan fingerprint density at radius 3 is 2.61 bits per heavy atom. The highest BCUT2D eigenvalue weighted by atomic mass is 79.9. The minimum absolute atomic E-state index is 0.106. The second-order valence-electron chi connectivity index (χ2n) is 5.30. The first kappa shape index (κ1) is 13.9. The van der Waals surface area contributed by atoms with E-state index in [1.807, 2.05) is 19.2 Å². The first-order valence-electron chi connectivity index (χ1n) is 6.76. The molecule has 0 aromatic heterocycles. The molecule has 2 rings (SSSR count). The topological polar surface area (TPSA) is 3.24 Å². The van der Waals surface area contributed by atoms with Gasteiger partial charge < -0.3 is 4.90 Å². The van der Waals surface area contributed by atoms with Gasteiger partial charge >= 0.3 is 0 Å². The van der Waals surface area contributed by atoms with Gasteiger partial charge in [0.25, 0.3) is 0 Å². The van der Waals surface area contributed by atoms with Crippen LogP contribution in [0.15, 0.2) is 18.2 Å². The van der Waals surface area contributed by atoms with E-state index in [1.54, 1.807) is 6.07 Å². The van der Waals surface area contributed by atoms with Crippen molar-refractivity contribution in [2.24, 2.45) is 5.92 Å². The molecule has 0 radical (unpaired) electrons. The van der Waals surface area contributed by atoms with Crippen LogP contribution < -0.4 is 4.90 Å². The zero-order chi connectivity index (χ0) is 13.0. The fraction of sp³-hybridized carbons (Fsp3) is 0.600. The number of anilines is 1. The van der Waals surface area contributed by atoms with Crippen LogP contribution in [0.3, 0.4) is 0 Å². The molecule has 1 aliphatic carbocycles.